The first-order chi connectivity index (χ1) is 9.65. The molecule has 104 valence electrons. The molecule has 1 fully saturated rings. The van der Waals surface area contributed by atoms with Crippen LogP contribution in [0.3, 0.4) is 0 Å². The highest BCUT2D eigenvalue weighted by Crippen LogP contribution is 2.42. The van der Waals surface area contributed by atoms with Gasteiger partial charge in [0.15, 0.2) is 6.29 Å². The zero-order valence-electron chi connectivity index (χ0n) is 10.9. The lowest BCUT2D eigenvalue weighted by molar-refractivity contribution is -0.0676. The first-order valence-corrected chi connectivity index (χ1v) is 7.21. The van der Waals surface area contributed by atoms with Gasteiger partial charge < -0.3 is 9.47 Å². The van der Waals surface area contributed by atoms with Crippen molar-refractivity contribution in [3.8, 4) is 0 Å². The largest absolute Gasteiger partial charge is 0.342 e. The molecule has 1 heterocycles. The van der Waals surface area contributed by atoms with Crippen LogP contribution in [0.1, 0.15) is 30.4 Å². The van der Waals surface area contributed by atoms with Crippen LogP contribution in [-0.2, 0) is 9.47 Å². The molecule has 0 saturated carbocycles. The molecular formula is C16H14Cl2O2. The zero-order chi connectivity index (χ0) is 14.1. The topological polar surface area (TPSA) is 18.5 Å². The third kappa shape index (κ3) is 2.70. The summed E-state index contributed by atoms with van der Waals surface area (Å²) in [5.41, 5.74) is 1.91. The zero-order valence-corrected chi connectivity index (χ0v) is 12.4. The SMILES string of the molecule is C[C@H]1OC(c2ccccc2)O[C@@H]1c1ccc(Cl)cc1Cl. The Kier molecular flexibility index (Phi) is 3.99. The van der Waals surface area contributed by atoms with Gasteiger partial charge in [0, 0.05) is 21.2 Å². The van der Waals surface area contributed by atoms with Gasteiger partial charge >= 0.3 is 0 Å². The first kappa shape index (κ1) is 13.9. The highest BCUT2D eigenvalue weighted by molar-refractivity contribution is 6.35. The third-order valence-corrected chi connectivity index (χ3v) is 3.94. The van der Waals surface area contributed by atoms with Crippen molar-refractivity contribution in [1.82, 2.24) is 0 Å². The summed E-state index contributed by atoms with van der Waals surface area (Å²) in [4.78, 5) is 0. The second kappa shape index (κ2) is 5.74. The van der Waals surface area contributed by atoms with Crippen LogP contribution >= 0.6 is 23.2 Å². The van der Waals surface area contributed by atoms with E-state index in [-0.39, 0.29) is 18.5 Å². The van der Waals surface area contributed by atoms with Gasteiger partial charge in [-0.05, 0) is 19.1 Å². The molecule has 20 heavy (non-hydrogen) atoms. The summed E-state index contributed by atoms with van der Waals surface area (Å²) in [6.45, 7) is 1.98. The minimum absolute atomic E-state index is 0.0705. The monoisotopic (exact) mass is 308 g/mol. The average molecular weight is 309 g/mol. The van der Waals surface area contributed by atoms with Crippen LogP contribution in [0, 0.1) is 0 Å². The Bertz CT molecular complexity index is 601. The summed E-state index contributed by atoms with van der Waals surface area (Å²) in [6, 6.07) is 15.3. The van der Waals surface area contributed by atoms with Crippen LogP contribution in [-0.4, -0.2) is 6.10 Å². The molecule has 0 radical (unpaired) electrons. The number of halogens is 2. The van der Waals surface area contributed by atoms with Gasteiger partial charge in [-0.2, -0.15) is 0 Å². The number of rotatable bonds is 2. The van der Waals surface area contributed by atoms with E-state index in [1.54, 1.807) is 6.07 Å². The predicted molar refractivity (Wildman–Crippen MR) is 80.0 cm³/mol. The lowest BCUT2D eigenvalue weighted by Gasteiger charge is -2.15. The van der Waals surface area contributed by atoms with E-state index >= 15 is 0 Å². The third-order valence-electron chi connectivity index (χ3n) is 3.38. The molecule has 2 nitrogen and oxygen atoms in total. The van der Waals surface area contributed by atoms with Crippen LogP contribution in [0.15, 0.2) is 48.5 Å². The van der Waals surface area contributed by atoms with Gasteiger partial charge in [-0.25, -0.2) is 0 Å². The maximum Gasteiger partial charge on any atom is 0.185 e. The second-order valence-electron chi connectivity index (χ2n) is 4.81. The molecule has 2 aromatic rings. The Hall–Kier alpha value is -1.06. The van der Waals surface area contributed by atoms with Crippen LogP contribution in [0.25, 0.3) is 0 Å². The molecule has 0 aromatic heterocycles. The van der Waals surface area contributed by atoms with E-state index in [0.29, 0.717) is 10.0 Å². The fraction of sp³-hybridized carbons (Fsp3) is 0.250. The summed E-state index contributed by atoms with van der Waals surface area (Å²) in [6.07, 6.45) is -0.619. The Morgan fingerprint density at radius 1 is 0.950 bits per heavy atom. The van der Waals surface area contributed by atoms with E-state index in [0.717, 1.165) is 11.1 Å². The summed E-state index contributed by atoms with van der Waals surface area (Å²) in [5.74, 6) is 0. The van der Waals surface area contributed by atoms with Crippen LogP contribution < -0.4 is 0 Å². The van der Waals surface area contributed by atoms with Crippen molar-refractivity contribution in [3.63, 3.8) is 0 Å². The smallest absolute Gasteiger partial charge is 0.185 e. The molecule has 3 rings (SSSR count). The van der Waals surface area contributed by atoms with Gasteiger partial charge in [0.1, 0.15) is 6.10 Å². The molecule has 0 aliphatic carbocycles. The van der Waals surface area contributed by atoms with Crippen molar-refractivity contribution in [2.75, 3.05) is 0 Å². The molecule has 2 aromatic carbocycles. The highest BCUT2D eigenvalue weighted by Gasteiger charge is 2.35. The number of ether oxygens (including phenoxy) is 2. The van der Waals surface area contributed by atoms with E-state index in [1.807, 2.05) is 49.4 Å². The van der Waals surface area contributed by atoms with Gasteiger partial charge in [-0.3, -0.25) is 0 Å². The lowest BCUT2D eigenvalue weighted by atomic mass is 10.1. The maximum absolute atomic E-state index is 6.25. The molecular weight excluding hydrogens is 295 g/mol. The van der Waals surface area contributed by atoms with E-state index in [2.05, 4.69) is 0 Å². The van der Waals surface area contributed by atoms with Gasteiger partial charge in [-0.1, -0.05) is 59.6 Å². The quantitative estimate of drug-likeness (QED) is 0.762. The summed E-state index contributed by atoms with van der Waals surface area (Å²) in [7, 11) is 0. The predicted octanol–water partition coefficient (Wildman–Crippen LogP) is 5.17. The molecule has 1 aliphatic heterocycles. The molecule has 4 heteroatoms. The van der Waals surface area contributed by atoms with Crippen molar-refractivity contribution in [2.45, 2.75) is 25.4 Å². The Labute approximate surface area is 128 Å². The Morgan fingerprint density at radius 3 is 2.40 bits per heavy atom. The molecule has 3 atom stereocenters. The van der Waals surface area contributed by atoms with Crippen LogP contribution in [0.5, 0.6) is 0 Å². The first-order valence-electron chi connectivity index (χ1n) is 6.46. The standard InChI is InChI=1S/C16H14Cl2O2/c1-10-15(13-8-7-12(17)9-14(13)18)20-16(19-10)11-5-3-2-4-6-11/h2-10,15-16H,1H3/t10-,15+,16?/m1/s1. The molecule has 0 amide bonds. The van der Waals surface area contributed by atoms with E-state index in [4.69, 9.17) is 32.7 Å². The maximum atomic E-state index is 6.25. The number of hydrogen-bond donors (Lipinski definition) is 0. The molecule has 0 bridgehead atoms. The second-order valence-corrected chi connectivity index (χ2v) is 5.65. The van der Waals surface area contributed by atoms with Crippen LogP contribution in [0.2, 0.25) is 10.0 Å². The normalized spacial score (nSPS) is 25.9. The van der Waals surface area contributed by atoms with Crippen molar-refractivity contribution in [2.24, 2.45) is 0 Å². The lowest BCUT2D eigenvalue weighted by Crippen LogP contribution is -2.10. The fourth-order valence-corrected chi connectivity index (χ4v) is 2.88. The molecule has 1 saturated heterocycles. The van der Waals surface area contributed by atoms with Gasteiger partial charge in [0.2, 0.25) is 0 Å². The van der Waals surface area contributed by atoms with Gasteiger partial charge in [0.25, 0.3) is 0 Å². The number of hydrogen-bond acceptors (Lipinski definition) is 2. The Balaban J connectivity index is 1.85. The average Bonchev–Trinajstić information content (AvgIpc) is 2.82. The van der Waals surface area contributed by atoms with Crippen molar-refractivity contribution in [3.05, 3.63) is 69.7 Å². The molecule has 1 aliphatic rings. The van der Waals surface area contributed by atoms with E-state index in [1.165, 1.54) is 0 Å². The summed E-state index contributed by atoms with van der Waals surface area (Å²) >= 11 is 12.2. The summed E-state index contributed by atoms with van der Waals surface area (Å²) < 4.78 is 11.9. The molecule has 0 spiro atoms. The van der Waals surface area contributed by atoms with E-state index < -0.39 is 0 Å². The van der Waals surface area contributed by atoms with Crippen LogP contribution in [0.4, 0.5) is 0 Å². The van der Waals surface area contributed by atoms with Crippen molar-refractivity contribution in [1.29, 1.82) is 0 Å². The number of benzene rings is 2. The summed E-state index contributed by atoms with van der Waals surface area (Å²) in [5, 5.41) is 1.22. The Morgan fingerprint density at radius 2 is 1.70 bits per heavy atom. The van der Waals surface area contributed by atoms with Crippen molar-refractivity contribution >= 4 is 23.2 Å². The molecule has 1 unspecified atom stereocenters. The van der Waals surface area contributed by atoms with E-state index in [9.17, 15) is 0 Å². The minimum Gasteiger partial charge on any atom is -0.342 e. The van der Waals surface area contributed by atoms with Crippen molar-refractivity contribution < 1.29 is 9.47 Å². The minimum atomic E-state index is -0.358. The molecule has 0 N–H and O–H groups in total. The van der Waals surface area contributed by atoms with Gasteiger partial charge in [-0.15, -0.1) is 0 Å². The highest BCUT2D eigenvalue weighted by atomic mass is 35.5. The fourth-order valence-electron chi connectivity index (χ4n) is 2.37. The van der Waals surface area contributed by atoms with Gasteiger partial charge in [0.05, 0.1) is 6.10 Å².